The Balaban J connectivity index is 0.000000152. The SMILES string of the molecule is C#CCOC.COCC#Cc1ccc2c(c1)c(=O)oc1cc(C)ccc12.COCC#Cc1ccc2c(c1)c(=O)oc1cc(O)ccc12.Cc1ccc2c(c1)oc(=O)c1cc(Br)ccc12. The molecule has 0 atom stereocenters. The van der Waals surface area contributed by atoms with E-state index >= 15 is 0 Å². The van der Waals surface area contributed by atoms with Crippen LogP contribution in [0.5, 0.6) is 5.75 Å². The number of phenolic OH excluding ortho intramolecular Hbond substituents is 1. The molecule has 0 radical (unpaired) electrons. The highest BCUT2D eigenvalue weighted by Gasteiger charge is 2.10. The van der Waals surface area contributed by atoms with E-state index in [2.05, 4.69) is 50.3 Å². The van der Waals surface area contributed by atoms with Crippen molar-refractivity contribution in [3.05, 3.63) is 167 Å². The molecular weight excluding hydrogens is 876 g/mol. The number of aromatic hydroxyl groups is 1. The van der Waals surface area contributed by atoms with E-state index in [4.69, 9.17) is 29.1 Å². The Morgan fingerprint density at radius 2 is 0.891 bits per heavy atom. The quantitative estimate of drug-likeness (QED) is 0.104. The molecule has 0 aliphatic heterocycles. The van der Waals surface area contributed by atoms with Crippen molar-refractivity contribution in [2.24, 2.45) is 0 Å². The van der Waals surface area contributed by atoms with Gasteiger partial charge in [0.25, 0.3) is 0 Å². The van der Waals surface area contributed by atoms with Gasteiger partial charge < -0.3 is 32.6 Å². The van der Waals surface area contributed by atoms with Crippen molar-refractivity contribution in [3.63, 3.8) is 0 Å². The van der Waals surface area contributed by atoms with E-state index in [0.29, 0.717) is 52.7 Å². The zero-order valence-corrected chi connectivity index (χ0v) is 37.2. The molecule has 0 aliphatic rings. The van der Waals surface area contributed by atoms with Crippen LogP contribution in [0, 0.1) is 49.9 Å². The Kier molecular flexibility index (Phi) is 15.5. The fourth-order valence-corrected chi connectivity index (χ4v) is 6.99. The van der Waals surface area contributed by atoms with Crippen LogP contribution in [0.3, 0.4) is 0 Å². The maximum absolute atomic E-state index is 12.1. The number of phenols is 1. The lowest BCUT2D eigenvalue weighted by atomic mass is 10.0. The van der Waals surface area contributed by atoms with Gasteiger partial charge in [0.15, 0.2) is 0 Å². The van der Waals surface area contributed by atoms with Crippen LogP contribution in [-0.4, -0.2) is 46.3 Å². The molecule has 0 fully saturated rings. The van der Waals surface area contributed by atoms with Crippen molar-refractivity contribution in [1.29, 1.82) is 0 Å². The number of benzene rings is 6. The van der Waals surface area contributed by atoms with E-state index in [0.717, 1.165) is 59.0 Å². The van der Waals surface area contributed by atoms with Crippen molar-refractivity contribution in [2.45, 2.75) is 13.8 Å². The highest BCUT2D eigenvalue weighted by molar-refractivity contribution is 9.10. The highest BCUT2D eigenvalue weighted by atomic mass is 79.9. The predicted molar refractivity (Wildman–Crippen MR) is 257 cm³/mol. The van der Waals surface area contributed by atoms with Crippen LogP contribution in [-0.2, 0) is 14.2 Å². The Labute approximate surface area is 376 Å². The Morgan fingerprint density at radius 3 is 1.31 bits per heavy atom. The highest BCUT2D eigenvalue weighted by Crippen LogP contribution is 2.28. The van der Waals surface area contributed by atoms with Crippen molar-refractivity contribution in [3.8, 4) is 41.8 Å². The van der Waals surface area contributed by atoms with E-state index in [-0.39, 0.29) is 17.0 Å². The monoisotopic (exact) mass is 916 g/mol. The maximum Gasteiger partial charge on any atom is 0.344 e. The number of methoxy groups -OCH3 is 3. The molecule has 64 heavy (non-hydrogen) atoms. The summed E-state index contributed by atoms with van der Waals surface area (Å²) in [5, 5.41) is 16.4. The molecule has 0 saturated carbocycles. The third kappa shape index (κ3) is 11.1. The van der Waals surface area contributed by atoms with Gasteiger partial charge in [-0.3, -0.25) is 0 Å². The molecule has 6 aromatic carbocycles. The van der Waals surface area contributed by atoms with Gasteiger partial charge in [-0.25, -0.2) is 14.4 Å². The molecule has 0 unspecified atom stereocenters. The number of fused-ring (bicyclic) bond motifs is 9. The molecule has 9 rings (SSSR count). The molecular formula is C53H41BrO10. The summed E-state index contributed by atoms with van der Waals surface area (Å²) in [6.45, 7) is 5.07. The lowest BCUT2D eigenvalue weighted by Crippen LogP contribution is -2.00. The van der Waals surface area contributed by atoms with Crippen LogP contribution >= 0.6 is 15.9 Å². The van der Waals surface area contributed by atoms with Gasteiger partial charge in [0.1, 0.15) is 42.3 Å². The fraction of sp³-hybridized carbons (Fsp3) is 0.151. The summed E-state index contributed by atoms with van der Waals surface area (Å²) in [7, 11) is 4.74. The van der Waals surface area contributed by atoms with Crippen LogP contribution in [0.2, 0.25) is 0 Å². The summed E-state index contributed by atoms with van der Waals surface area (Å²) in [4.78, 5) is 36.1. The second-order valence-electron chi connectivity index (χ2n) is 14.2. The van der Waals surface area contributed by atoms with E-state index in [9.17, 15) is 19.5 Å². The number of hydrogen-bond acceptors (Lipinski definition) is 10. The predicted octanol–water partition coefficient (Wildman–Crippen LogP) is 10.2. The number of rotatable bonds is 3. The van der Waals surface area contributed by atoms with Gasteiger partial charge in [-0.15, -0.1) is 6.42 Å². The van der Waals surface area contributed by atoms with Gasteiger partial charge in [0.05, 0.1) is 16.2 Å². The second-order valence-corrected chi connectivity index (χ2v) is 15.1. The molecule has 0 saturated heterocycles. The average Bonchev–Trinajstić information content (AvgIpc) is 3.27. The van der Waals surface area contributed by atoms with E-state index < -0.39 is 5.63 Å². The zero-order valence-electron chi connectivity index (χ0n) is 35.6. The normalized spacial score (nSPS) is 10.4. The molecule has 11 heteroatoms. The topological polar surface area (TPSA) is 139 Å². The van der Waals surface area contributed by atoms with Gasteiger partial charge in [-0.05, 0) is 91.0 Å². The smallest absolute Gasteiger partial charge is 0.344 e. The van der Waals surface area contributed by atoms with E-state index in [1.54, 1.807) is 51.7 Å². The fourth-order valence-electron chi connectivity index (χ4n) is 6.63. The van der Waals surface area contributed by atoms with Crippen LogP contribution < -0.4 is 16.9 Å². The molecule has 0 amide bonds. The average molecular weight is 918 g/mol. The third-order valence-electron chi connectivity index (χ3n) is 9.52. The first kappa shape index (κ1) is 46.1. The largest absolute Gasteiger partial charge is 0.508 e. The number of aryl methyl sites for hydroxylation is 2. The Bertz CT molecular complexity index is 3370. The maximum atomic E-state index is 12.1. The minimum atomic E-state index is -0.446. The van der Waals surface area contributed by atoms with E-state index in [1.165, 1.54) is 6.07 Å². The molecule has 3 heterocycles. The van der Waals surface area contributed by atoms with Gasteiger partial charge >= 0.3 is 16.9 Å². The molecule has 1 N–H and O–H groups in total. The van der Waals surface area contributed by atoms with Gasteiger partial charge in [-0.1, -0.05) is 88.0 Å². The van der Waals surface area contributed by atoms with Gasteiger partial charge in [-0.2, -0.15) is 0 Å². The Morgan fingerprint density at radius 1 is 0.500 bits per heavy atom. The first-order valence-corrected chi connectivity index (χ1v) is 20.4. The molecule has 9 aromatic rings. The molecule has 0 bridgehead atoms. The van der Waals surface area contributed by atoms with Crippen LogP contribution in [0.25, 0.3) is 65.2 Å². The summed E-state index contributed by atoms with van der Waals surface area (Å²) in [5.41, 5.74) is 4.20. The molecule has 10 nitrogen and oxygen atoms in total. The summed E-state index contributed by atoms with van der Waals surface area (Å²) in [5.74, 6) is 14.0. The van der Waals surface area contributed by atoms with Gasteiger partial charge in [0.2, 0.25) is 0 Å². The molecule has 3 aromatic heterocycles. The first-order chi connectivity index (χ1) is 30.9. The number of ether oxygens (including phenoxy) is 3. The zero-order chi connectivity index (χ0) is 45.8. The van der Waals surface area contributed by atoms with Crippen molar-refractivity contribution in [2.75, 3.05) is 41.2 Å². The Hall–Kier alpha value is -7.43. The summed E-state index contributed by atoms with van der Waals surface area (Å²) < 4.78 is 31.1. The van der Waals surface area contributed by atoms with Crippen molar-refractivity contribution >= 4 is 81.2 Å². The van der Waals surface area contributed by atoms with E-state index in [1.807, 2.05) is 86.6 Å². The van der Waals surface area contributed by atoms with Crippen LogP contribution in [0.15, 0.2) is 141 Å². The molecule has 320 valence electrons. The lowest BCUT2D eigenvalue weighted by Gasteiger charge is -2.03. The molecule has 0 aliphatic carbocycles. The third-order valence-corrected chi connectivity index (χ3v) is 10.0. The second kappa shape index (κ2) is 21.6. The summed E-state index contributed by atoms with van der Waals surface area (Å²) >= 11 is 3.36. The first-order valence-electron chi connectivity index (χ1n) is 19.6. The summed E-state index contributed by atoms with van der Waals surface area (Å²) in [6, 6.07) is 33.1. The lowest BCUT2D eigenvalue weighted by molar-refractivity contribution is 0.239. The van der Waals surface area contributed by atoms with Crippen LogP contribution in [0.4, 0.5) is 0 Å². The minimum Gasteiger partial charge on any atom is -0.508 e. The van der Waals surface area contributed by atoms with Crippen molar-refractivity contribution in [1.82, 2.24) is 0 Å². The van der Waals surface area contributed by atoms with Crippen molar-refractivity contribution < 1.29 is 32.6 Å². The summed E-state index contributed by atoms with van der Waals surface area (Å²) in [6.07, 6.45) is 4.76. The minimum absolute atomic E-state index is 0.0621. The number of hydrogen-bond donors (Lipinski definition) is 1. The molecule has 0 spiro atoms. The van der Waals surface area contributed by atoms with Crippen LogP contribution in [0.1, 0.15) is 22.3 Å². The van der Waals surface area contributed by atoms with Gasteiger partial charge in [0, 0.05) is 69.9 Å². The number of halogens is 1. The number of terminal acetylenes is 1. The standard InChI is InChI=1S/C18H14O3.C17H12O4.C14H9BrO2.C4H6O/c1-12-5-7-15-14-8-6-13(4-3-9-20-2)11-16(14)18(19)21-17(15)10-12;1-20-8-2-3-11-4-6-13-14-7-5-12(18)10-16(14)21-17(19)15(13)9-11;1-8-2-4-11-10-5-3-9(15)7-12(10)14(16)17-13(11)6-8;1-3-4-5-2/h5-8,10-11H,9H2,1-2H3;4-7,9-10,18H,8H2,1H3;2-7H,1H3;1H,4H2,2H3.